The van der Waals surface area contributed by atoms with Gasteiger partial charge in [-0.2, -0.15) is 0 Å². The van der Waals surface area contributed by atoms with E-state index in [0.29, 0.717) is 0 Å². The summed E-state index contributed by atoms with van der Waals surface area (Å²) < 4.78 is 15.9. The van der Waals surface area contributed by atoms with Crippen LogP contribution in [0.1, 0.15) is 0 Å². The van der Waals surface area contributed by atoms with E-state index in [-0.39, 0.29) is 0 Å². The molecule has 0 aliphatic rings. The molecule has 12 rings (SSSR count). The lowest BCUT2D eigenvalue weighted by molar-refractivity contribution is 0.669. The Labute approximate surface area is 334 Å². The van der Waals surface area contributed by atoms with Gasteiger partial charge in [0.2, 0.25) is 0 Å². The Balaban J connectivity index is 1.14. The predicted molar refractivity (Wildman–Crippen MR) is 241 cm³/mol. The third-order valence-corrected chi connectivity index (χ3v) is 11.6. The molecule has 0 aliphatic heterocycles. The second kappa shape index (κ2) is 12.9. The summed E-state index contributed by atoms with van der Waals surface area (Å²) in [6.07, 6.45) is 0. The number of para-hydroxylation sites is 3. The Hall–Kier alpha value is -7.82. The van der Waals surface area contributed by atoms with Crippen molar-refractivity contribution in [2.45, 2.75) is 0 Å². The van der Waals surface area contributed by atoms with Crippen LogP contribution in [0.25, 0.3) is 93.6 Å². The van der Waals surface area contributed by atoms with Crippen LogP contribution in [0.15, 0.2) is 215 Å². The molecule has 0 amide bonds. The van der Waals surface area contributed by atoms with E-state index in [1.54, 1.807) is 0 Å². The van der Waals surface area contributed by atoms with Gasteiger partial charge in [-0.25, -0.2) is 0 Å². The van der Waals surface area contributed by atoms with Crippen molar-refractivity contribution in [1.82, 2.24) is 4.57 Å². The number of hydrogen-bond donors (Lipinski definition) is 0. The molecule has 0 atom stereocenters. The van der Waals surface area contributed by atoms with Crippen LogP contribution in [0.2, 0.25) is 0 Å². The van der Waals surface area contributed by atoms with Crippen molar-refractivity contribution in [2.75, 3.05) is 4.90 Å². The zero-order valence-corrected chi connectivity index (χ0v) is 31.3. The maximum atomic E-state index is 7.01. The molecule has 4 nitrogen and oxygen atoms in total. The first-order valence-electron chi connectivity index (χ1n) is 19.7. The van der Waals surface area contributed by atoms with E-state index in [2.05, 4.69) is 204 Å². The number of benzene rings is 9. The maximum absolute atomic E-state index is 7.01. The topological polar surface area (TPSA) is 34.5 Å². The van der Waals surface area contributed by atoms with Gasteiger partial charge in [-0.15, -0.1) is 0 Å². The van der Waals surface area contributed by atoms with Gasteiger partial charge in [-0.3, -0.25) is 0 Å². The molecule has 0 radical (unpaired) electrons. The SMILES string of the molecule is c1ccc(-c2ccc3c(c2)oc2c(-c4ccccc4)ccc(N(c4ccc(-n5c6ccccc6c6ccccc65)cc4)c4cccc5oc6ccccc6c45)c23)cc1. The monoisotopic (exact) mass is 742 g/mol. The molecule has 272 valence electrons. The third kappa shape index (κ3) is 4.95. The second-order valence-corrected chi connectivity index (χ2v) is 14.9. The molecule has 0 saturated heterocycles. The van der Waals surface area contributed by atoms with Crippen LogP contribution in [0.5, 0.6) is 0 Å². The van der Waals surface area contributed by atoms with Gasteiger partial charge in [-0.05, 0) is 95.6 Å². The van der Waals surface area contributed by atoms with E-state index < -0.39 is 0 Å². The molecule has 0 bridgehead atoms. The molecule has 3 aromatic heterocycles. The molecule has 0 fully saturated rings. The largest absolute Gasteiger partial charge is 0.456 e. The van der Waals surface area contributed by atoms with Crippen molar-refractivity contribution in [3.8, 4) is 27.9 Å². The number of hydrogen-bond acceptors (Lipinski definition) is 3. The highest BCUT2D eigenvalue weighted by atomic mass is 16.3. The summed E-state index contributed by atoms with van der Waals surface area (Å²) >= 11 is 0. The van der Waals surface area contributed by atoms with Crippen molar-refractivity contribution in [3.63, 3.8) is 0 Å². The minimum absolute atomic E-state index is 0.840. The molecule has 12 aromatic rings. The van der Waals surface area contributed by atoms with E-state index in [1.807, 2.05) is 12.1 Å². The molecule has 0 unspecified atom stereocenters. The minimum atomic E-state index is 0.840. The van der Waals surface area contributed by atoms with E-state index in [4.69, 9.17) is 8.83 Å². The van der Waals surface area contributed by atoms with E-state index >= 15 is 0 Å². The van der Waals surface area contributed by atoms with Crippen LogP contribution in [0.4, 0.5) is 17.1 Å². The fraction of sp³-hybridized carbons (Fsp3) is 0. The number of furan rings is 2. The van der Waals surface area contributed by atoms with E-state index in [0.717, 1.165) is 88.9 Å². The second-order valence-electron chi connectivity index (χ2n) is 14.9. The van der Waals surface area contributed by atoms with Gasteiger partial charge in [-0.1, -0.05) is 127 Å². The summed E-state index contributed by atoms with van der Waals surface area (Å²) in [6.45, 7) is 0. The van der Waals surface area contributed by atoms with Gasteiger partial charge in [0, 0.05) is 38.5 Å². The van der Waals surface area contributed by atoms with Gasteiger partial charge in [0.25, 0.3) is 0 Å². The van der Waals surface area contributed by atoms with Crippen LogP contribution < -0.4 is 4.90 Å². The van der Waals surface area contributed by atoms with Gasteiger partial charge in [0.05, 0.1) is 33.2 Å². The minimum Gasteiger partial charge on any atom is -0.456 e. The zero-order valence-electron chi connectivity index (χ0n) is 31.3. The molecular weight excluding hydrogens is 709 g/mol. The van der Waals surface area contributed by atoms with Crippen molar-refractivity contribution >= 4 is 82.7 Å². The predicted octanol–water partition coefficient (Wildman–Crippen LogP) is 15.4. The van der Waals surface area contributed by atoms with Gasteiger partial charge in [0.1, 0.15) is 22.3 Å². The van der Waals surface area contributed by atoms with Crippen LogP contribution in [-0.4, -0.2) is 4.57 Å². The lowest BCUT2D eigenvalue weighted by Gasteiger charge is -2.27. The lowest BCUT2D eigenvalue weighted by atomic mass is 9.98. The van der Waals surface area contributed by atoms with Crippen LogP contribution in [-0.2, 0) is 0 Å². The molecule has 0 spiro atoms. The van der Waals surface area contributed by atoms with Gasteiger partial charge < -0.3 is 18.3 Å². The van der Waals surface area contributed by atoms with Crippen molar-refractivity contribution in [3.05, 3.63) is 206 Å². The van der Waals surface area contributed by atoms with Gasteiger partial charge in [0.15, 0.2) is 0 Å². The molecule has 9 aromatic carbocycles. The summed E-state index contributed by atoms with van der Waals surface area (Å²) in [6, 6.07) is 73.0. The smallest absolute Gasteiger partial charge is 0.145 e. The molecule has 3 heterocycles. The highest BCUT2D eigenvalue weighted by Gasteiger charge is 2.25. The summed E-state index contributed by atoms with van der Waals surface area (Å²) in [4.78, 5) is 2.39. The molecule has 4 heteroatoms. The summed E-state index contributed by atoms with van der Waals surface area (Å²) in [7, 11) is 0. The quantitative estimate of drug-likeness (QED) is 0.170. The number of nitrogens with zero attached hydrogens (tertiary/aromatic N) is 2. The Morgan fingerprint density at radius 2 is 0.966 bits per heavy atom. The molecule has 0 aliphatic carbocycles. The highest BCUT2D eigenvalue weighted by molar-refractivity contribution is 6.20. The fourth-order valence-corrected chi connectivity index (χ4v) is 9.01. The Morgan fingerprint density at radius 3 is 1.71 bits per heavy atom. The fourth-order valence-electron chi connectivity index (χ4n) is 9.01. The standard InChI is InChI=1S/C54H34N2O2/c1-3-14-35(15-4-1)37-26-31-44-51(34-37)58-54-40(36-16-5-2-6-17-36)32-33-48(53(44)54)56(47-23-13-25-50-52(47)43-20-9-12-24-49(43)57-50)39-29-27-38(28-30-39)55-45-21-10-7-18-41(45)42-19-8-11-22-46(42)55/h1-34H. The van der Waals surface area contributed by atoms with E-state index in [1.165, 1.54) is 21.8 Å². The van der Waals surface area contributed by atoms with Crippen LogP contribution in [0.3, 0.4) is 0 Å². The lowest BCUT2D eigenvalue weighted by Crippen LogP contribution is -2.11. The van der Waals surface area contributed by atoms with Crippen LogP contribution >= 0.6 is 0 Å². The van der Waals surface area contributed by atoms with Crippen molar-refractivity contribution in [1.29, 1.82) is 0 Å². The first-order chi connectivity index (χ1) is 28.8. The van der Waals surface area contributed by atoms with Crippen LogP contribution in [0, 0.1) is 0 Å². The summed E-state index contributed by atoms with van der Waals surface area (Å²) in [5.74, 6) is 0. The maximum Gasteiger partial charge on any atom is 0.145 e. The average Bonchev–Trinajstić information content (AvgIpc) is 3.98. The number of anilines is 3. The summed E-state index contributed by atoms with van der Waals surface area (Å²) in [5.41, 5.74) is 14.3. The Kier molecular flexibility index (Phi) is 7.20. The highest BCUT2D eigenvalue weighted by Crippen LogP contribution is 2.49. The Morgan fingerprint density at radius 1 is 0.362 bits per heavy atom. The first-order valence-corrected chi connectivity index (χ1v) is 19.7. The Bertz CT molecular complexity index is 3450. The normalized spacial score (nSPS) is 11.8. The molecule has 0 saturated carbocycles. The molecule has 58 heavy (non-hydrogen) atoms. The molecule has 0 N–H and O–H groups in total. The average molecular weight is 743 g/mol. The van der Waals surface area contributed by atoms with E-state index in [9.17, 15) is 0 Å². The first kappa shape index (κ1) is 32.4. The third-order valence-electron chi connectivity index (χ3n) is 11.6. The zero-order chi connectivity index (χ0) is 38.2. The summed E-state index contributed by atoms with van der Waals surface area (Å²) in [5, 5.41) is 6.72. The number of rotatable bonds is 6. The van der Waals surface area contributed by atoms with Gasteiger partial charge >= 0.3 is 0 Å². The van der Waals surface area contributed by atoms with Crippen molar-refractivity contribution < 1.29 is 8.83 Å². The molecular formula is C54H34N2O2. The van der Waals surface area contributed by atoms with Crippen molar-refractivity contribution in [2.24, 2.45) is 0 Å². The number of fused-ring (bicyclic) bond motifs is 9. The number of aromatic nitrogens is 1.